The van der Waals surface area contributed by atoms with Crippen molar-refractivity contribution in [3.8, 4) is 0 Å². The van der Waals surface area contributed by atoms with Crippen LogP contribution in [0.5, 0.6) is 0 Å². The molecule has 0 amide bonds. The molecule has 0 radical (unpaired) electrons. The Kier molecular flexibility index (Phi) is 4.97. The smallest absolute Gasteiger partial charge is 0.312 e. The lowest BCUT2D eigenvalue weighted by Crippen LogP contribution is -2.49. The van der Waals surface area contributed by atoms with Crippen LogP contribution in [0, 0.1) is 34.0 Å². The summed E-state index contributed by atoms with van der Waals surface area (Å²) in [4.78, 5) is 13.3. The molecule has 0 saturated heterocycles. The van der Waals surface area contributed by atoms with E-state index in [0.29, 0.717) is 5.92 Å². The Hall–Kier alpha value is -0.530. The zero-order valence-corrected chi connectivity index (χ0v) is 17.6. The fourth-order valence-electron chi connectivity index (χ4n) is 5.23. The van der Waals surface area contributed by atoms with E-state index in [-0.39, 0.29) is 22.4 Å². The Morgan fingerprint density at radius 3 is 1.88 bits per heavy atom. The van der Waals surface area contributed by atoms with E-state index in [1.165, 1.54) is 25.7 Å². The molecule has 0 aromatic rings. The zero-order chi connectivity index (χ0) is 18.6. The van der Waals surface area contributed by atoms with Gasteiger partial charge in [-0.1, -0.05) is 48.0 Å². The zero-order valence-electron chi connectivity index (χ0n) is 17.6. The third-order valence-corrected chi connectivity index (χ3v) is 6.98. The number of carbonyl (C=O) groups is 1. The van der Waals surface area contributed by atoms with Crippen LogP contribution in [0.1, 0.15) is 94.4 Å². The molecule has 2 aliphatic rings. The predicted molar refractivity (Wildman–Crippen MR) is 101 cm³/mol. The van der Waals surface area contributed by atoms with Crippen molar-refractivity contribution in [2.45, 2.75) is 100 Å². The quantitative estimate of drug-likeness (QED) is 0.568. The fourth-order valence-corrected chi connectivity index (χ4v) is 5.23. The van der Waals surface area contributed by atoms with E-state index < -0.39 is 5.41 Å². The first-order chi connectivity index (χ1) is 10.7. The van der Waals surface area contributed by atoms with Gasteiger partial charge in [-0.3, -0.25) is 4.79 Å². The van der Waals surface area contributed by atoms with E-state index in [2.05, 4.69) is 62.3 Å². The summed E-state index contributed by atoms with van der Waals surface area (Å²) in [5.41, 5.74) is -0.846. The molecule has 24 heavy (non-hydrogen) atoms. The molecule has 0 aliphatic heterocycles. The first-order valence-corrected chi connectivity index (χ1v) is 9.89. The van der Waals surface area contributed by atoms with E-state index in [4.69, 9.17) is 4.74 Å². The van der Waals surface area contributed by atoms with Crippen molar-refractivity contribution < 1.29 is 9.53 Å². The molecule has 0 spiro atoms. The molecule has 2 bridgehead atoms. The summed E-state index contributed by atoms with van der Waals surface area (Å²) in [6.45, 7) is 19.6. The second-order valence-corrected chi connectivity index (χ2v) is 11.6. The first kappa shape index (κ1) is 19.8. The van der Waals surface area contributed by atoms with E-state index in [0.717, 1.165) is 18.3 Å². The molecular formula is C22H40O2. The molecule has 0 heterocycles. The van der Waals surface area contributed by atoms with E-state index >= 15 is 0 Å². The van der Waals surface area contributed by atoms with E-state index in [9.17, 15) is 4.79 Å². The molecule has 2 heteroatoms. The SMILES string of the molecule is CC(C)(C)CC(C)(C(=O)OC(C)(C)C1CC2CCC1C2)C(C)(C)C. The van der Waals surface area contributed by atoms with Gasteiger partial charge >= 0.3 is 5.97 Å². The van der Waals surface area contributed by atoms with Crippen molar-refractivity contribution in [1.29, 1.82) is 0 Å². The third kappa shape index (κ3) is 3.83. The van der Waals surface area contributed by atoms with E-state index in [1.54, 1.807) is 0 Å². The molecule has 4 unspecified atom stereocenters. The Labute approximate surface area is 150 Å². The minimum Gasteiger partial charge on any atom is -0.459 e. The van der Waals surface area contributed by atoms with Crippen molar-refractivity contribution in [2.75, 3.05) is 0 Å². The summed E-state index contributed by atoms with van der Waals surface area (Å²) in [5.74, 6) is 2.18. The lowest BCUT2D eigenvalue weighted by Gasteiger charge is -2.46. The first-order valence-electron chi connectivity index (χ1n) is 9.89. The second kappa shape index (κ2) is 6.02. The summed E-state index contributed by atoms with van der Waals surface area (Å²) in [7, 11) is 0. The van der Waals surface area contributed by atoms with Gasteiger partial charge in [-0.15, -0.1) is 0 Å². The maximum Gasteiger partial charge on any atom is 0.312 e. The molecule has 0 N–H and O–H groups in total. The highest BCUT2D eigenvalue weighted by Gasteiger charge is 2.52. The van der Waals surface area contributed by atoms with Gasteiger partial charge in [0.05, 0.1) is 5.41 Å². The van der Waals surface area contributed by atoms with Crippen molar-refractivity contribution in [3.05, 3.63) is 0 Å². The average Bonchev–Trinajstić information content (AvgIpc) is 2.96. The van der Waals surface area contributed by atoms with Crippen LogP contribution in [0.4, 0.5) is 0 Å². The molecule has 140 valence electrons. The van der Waals surface area contributed by atoms with Crippen molar-refractivity contribution in [3.63, 3.8) is 0 Å². The Bertz CT molecular complexity index is 477. The minimum atomic E-state index is -0.472. The molecule has 0 aromatic heterocycles. The van der Waals surface area contributed by atoms with Crippen LogP contribution in [0.25, 0.3) is 0 Å². The van der Waals surface area contributed by atoms with Crippen molar-refractivity contribution >= 4 is 5.97 Å². The van der Waals surface area contributed by atoms with Gasteiger partial charge in [-0.05, 0) is 69.1 Å². The van der Waals surface area contributed by atoms with Gasteiger partial charge in [-0.25, -0.2) is 0 Å². The maximum absolute atomic E-state index is 13.3. The van der Waals surface area contributed by atoms with Gasteiger partial charge < -0.3 is 4.74 Å². The van der Waals surface area contributed by atoms with E-state index in [1.807, 2.05) is 0 Å². The third-order valence-electron chi connectivity index (χ3n) is 6.98. The summed E-state index contributed by atoms with van der Waals surface area (Å²) in [6.07, 6.45) is 6.15. The number of esters is 1. The summed E-state index contributed by atoms with van der Waals surface area (Å²) < 4.78 is 6.27. The Balaban J connectivity index is 2.18. The monoisotopic (exact) mass is 336 g/mol. The van der Waals surface area contributed by atoms with Gasteiger partial charge in [0, 0.05) is 5.92 Å². The standard InChI is InChI=1S/C22H40O2/c1-19(2,3)14-22(9,20(4,5)6)18(23)24-21(7,8)17-13-15-10-11-16(17)12-15/h15-17H,10-14H2,1-9H3. The molecule has 2 saturated carbocycles. The highest BCUT2D eigenvalue weighted by atomic mass is 16.6. The molecule has 2 aliphatic carbocycles. The number of hydrogen-bond donors (Lipinski definition) is 0. The van der Waals surface area contributed by atoms with Crippen LogP contribution >= 0.6 is 0 Å². The van der Waals surface area contributed by atoms with Crippen LogP contribution in [0.2, 0.25) is 0 Å². The van der Waals surface area contributed by atoms with Gasteiger partial charge in [-0.2, -0.15) is 0 Å². The normalized spacial score (nSPS) is 30.3. The molecule has 2 nitrogen and oxygen atoms in total. The average molecular weight is 337 g/mol. The highest BCUT2D eigenvalue weighted by molar-refractivity contribution is 5.78. The second-order valence-electron chi connectivity index (χ2n) is 11.6. The number of ether oxygens (including phenoxy) is 1. The van der Waals surface area contributed by atoms with Crippen molar-refractivity contribution in [2.24, 2.45) is 34.0 Å². The number of rotatable bonds is 4. The van der Waals surface area contributed by atoms with Crippen LogP contribution in [-0.4, -0.2) is 11.6 Å². The molecule has 0 aromatic carbocycles. The fraction of sp³-hybridized carbons (Fsp3) is 0.955. The summed E-state index contributed by atoms with van der Waals surface area (Å²) >= 11 is 0. The van der Waals surface area contributed by atoms with Crippen LogP contribution in [0.3, 0.4) is 0 Å². The summed E-state index contributed by atoms with van der Waals surface area (Å²) in [6, 6.07) is 0. The Morgan fingerprint density at radius 1 is 0.917 bits per heavy atom. The molecular weight excluding hydrogens is 296 g/mol. The van der Waals surface area contributed by atoms with Gasteiger partial charge in [0.15, 0.2) is 0 Å². The molecule has 2 rings (SSSR count). The largest absolute Gasteiger partial charge is 0.459 e. The predicted octanol–water partition coefficient (Wildman–Crippen LogP) is 6.23. The Morgan fingerprint density at radius 2 is 1.50 bits per heavy atom. The topological polar surface area (TPSA) is 26.3 Å². The lowest BCUT2D eigenvalue weighted by molar-refractivity contribution is -0.185. The van der Waals surface area contributed by atoms with Gasteiger partial charge in [0.25, 0.3) is 0 Å². The molecule has 2 fully saturated rings. The minimum absolute atomic E-state index is 0.00213. The van der Waals surface area contributed by atoms with Gasteiger partial charge in [0.2, 0.25) is 0 Å². The lowest BCUT2D eigenvalue weighted by atomic mass is 9.61. The maximum atomic E-state index is 13.3. The van der Waals surface area contributed by atoms with Gasteiger partial charge in [0.1, 0.15) is 5.60 Å². The van der Waals surface area contributed by atoms with Crippen molar-refractivity contribution in [1.82, 2.24) is 0 Å². The van der Waals surface area contributed by atoms with Crippen LogP contribution in [0.15, 0.2) is 0 Å². The number of hydrogen-bond acceptors (Lipinski definition) is 2. The van der Waals surface area contributed by atoms with Crippen LogP contribution < -0.4 is 0 Å². The number of carbonyl (C=O) groups excluding carboxylic acids is 1. The molecule has 4 atom stereocenters. The number of fused-ring (bicyclic) bond motifs is 2. The summed E-state index contributed by atoms with van der Waals surface area (Å²) in [5, 5.41) is 0. The van der Waals surface area contributed by atoms with Crippen LogP contribution in [-0.2, 0) is 9.53 Å². The highest BCUT2D eigenvalue weighted by Crippen LogP contribution is 2.54.